The lowest BCUT2D eigenvalue weighted by molar-refractivity contribution is 0.290. The van der Waals surface area contributed by atoms with E-state index in [1.807, 2.05) is 30.3 Å². The van der Waals surface area contributed by atoms with Crippen LogP contribution in [0.2, 0.25) is 5.02 Å². The molecule has 156 valence electrons. The zero-order valence-electron chi connectivity index (χ0n) is 16.3. The van der Waals surface area contributed by atoms with Crippen LogP contribution in [0.25, 0.3) is 11.1 Å². The first-order valence-electron chi connectivity index (χ1n) is 9.46. The number of rotatable bonds is 6. The highest BCUT2D eigenvalue weighted by atomic mass is 35.5. The minimum Gasteiger partial charge on any atom is -0.486 e. The molecule has 0 aliphatic heterocycles. The number of aromatic nitrogens is 2. The Balaban J connectivity index is 1.57. The van der Waals surface area contributed by atoms with E-state index in [4.69, 9.17) is 16.3 Å². The Morgan fingerprint density at radius 1 is 0.968 bits per heavy atom. The molecule has 1 heterocycles. The molecule has 0 N–H and O–H groups in total. The number of hydrogen-bond acceptors (Lipinski definition) is 3. The van der Waals surface area contributed by atoms with Crippen molar-refractivity contribution in [3.05, 3.63) is 117 Å². The van der Waals surface area contributed by atoms with Crippen LogP contribution in [0.5, 0.6) is 5.75 Å². The Morgan fingerprint density at radius 2 is 1.77 bits per heavy atom. The third kappa shape index (κ3) is 4.81. The van der Waals surface area contributed by atoms with Gasteiger partial charge in [-0.1, -0.05) is 54.1 Å². The number of benzene rings is 3. The molecule has 0 atom stereocenters. The number of nitrogens with zero attached hydrogens (tertiary/aromatic N) is 2. The first-order valence-corrected chi connectivity index (χ1v) is 9.84. The summed E-state index contributed by atoms with van der Waals surface area (Å²) in [5.41, 5.74) is 1.34. The van der Waals surface area contributed by atoms with Crippen LogP contribution in [0.4, 0.5) is 8.78 Å². The molecule has 4 rings (SSSR count). The van der Waals surface area contributed by atoms with Gasteiger partial charge in [0.1, 0.15) is 12.4 Å². The number of ether oxygens (including phenoxy) is 1. The SMILES string of the molecule is O=c1c(-c2ccc(OCc3ccccc3)c(F)c2)cncn1Cc1ccc(Cl)cc1F. The molecule has 0 aliphatic rings. The lowest BCUT2D eigenvalue weighted by atomic mass is 10.1. The summed E-state index contributed by atoms with van der Waals surface area (Å²) in [5.74, 6) is -1.03. The van der Waals surface area contributed by atoms with Crippen LogP contribution < -0.4 is 10.3 Å². The van der Waals surface area contributed by atoms with Crippen LogP contribution in [-0.2, 0) is 13.2 Å². The molecule has 0 radical (unpaired) electrons. The van der Waals surface area contributed by atoms with E-state index in [2.05, 4.69) is 4.98 Å². The van der Waals surface area contributed by atoms with Crippen LogP contribution in [0.15, 0.2) is 84.0 Å². The monoisotopic (exact) mass is 438 g/mol. The fourth-order valence-corrected chi connectivity index (χ4v) is 3.27. The third-order valence-corrected chi connectivity index (χ3v) is 4.97. The van der Waals surface area contributed by atoms with Crippen molar-refractivity contribution in [1.82, 2.24) is 9.55 Å². The van der Waals surface area contributed by atoms with Crippen LogP contribution in [0.1, 0.15) is 11.1 Å². The predicted molar refractivity (Wildman–Crippen MR) is 115 cm³/mol. The van der Waals surface area contributed by atoms with Crippen LogP contribution in [0.3, 0.4) is 0 Å². The molecule has 4 aromatic rings. The van der Waals surface area contributed by atoms with Crippen molar-refractivity contribution in [2.24, 2.45) is 0 Å². The molecule has 0 bridgehead atoms. The average molecular weight is 439 g/mol. The molecule has 3 aromatic carbocycles. The van der Waals surface area contributed by atoms with Crippen molar-refractivity contribution < 1.29 is 13.5 Å². The summed E-state index contributed by atoms with van der Waals surface area (Å²) in [6, 6.07) is 17.9. The van der Waals surface area contributed by atoms with Gasteiger partial charge in [-0.05, 0) is 35.4 Å². The molecule has 0 spiro atoms. The van der Waals surface area contributed by atoms with Crippen molar-refractivity contribution >= 4 is 11.6 Å². The molecule has 0 saturated carbocycles. The first kappa shape index (κ1) is 20.8. The van der Waals surface area contributed by atoms with Gasteiger partial charge < -0.3 is 4.74 Å². The highest BCUT2D eigenvalue weighted by Gasteiger charge is 2.12. The summed E-state index contributed by atoms with van der Waals surface area (Å²) in [7, 11) is 0. The van der Waals surface area contributed by atoms with Gasteiger partial charge in [0, 0.05) is 16.8 Å². The van der Waals surface area contributed by atoms with Crippen molar-refractivity contribution in [3.63, 3.8) is 0 Å². The minimum absolute atomic E-state index is 0.0244. The van der Waals surface area contributed by atoms with Gasteiger partial charge in [-0.2, -0.15) is 0 Å². The second kappa shape index (κ2) is 9.10. The van der Waals surface area contributed by atoms with E-state index < -0.39 is 17.2 Å². The van der Waals surface area contributed by atoms with E-state index in [0.717, 1.165) is 5.56 Å². The Morgan fingerprint density at radius 3 is 2.52 bits per heavy atom. The minimum atomic E-state index is -0.591. The maximum atomic E-state index is 14.6. The topological polar surface area (TPSA) is 44.1 Å². The van der Waals surface area contributed by atoms with Gasteiger partial charge in [0.15, 0.2) is 11.6 Å². The molecule has 0 saturated heterocycles. The van der Waals surface area contributed by atoms with E-state index in [0.29, 0.717) is 11.1 Å². The summed E-state index contributed by atoms with van der Waals surface area (Å²) in [4.78, 5) is 16.9. The standard InChI is InChI=1S/C24H17ClF2N2O2/c25-19-8-6-18(21(26)11-19)13-29-15-28-12-20(24(29)30)17-7-9-23(22(27)10-17)31-14-16-4-2-1-3-5-16/h1-12,15H,13-14H2. The largest absolute Gasteiger partial charge is 0.486 e. The van der Waals surface area contributed by atoms with Gasteiger partial charge in [-0.25, -0.2) is 13.8 Å². The Kier molecular flexibility index (Phi) is 6.09. The van der Waals surface area contributed by atoms with E-state index in [-0.39, 0.29) is 29.5 Å². The zero-order chi connectivity index (χ0) is 21.8. The second-order valence-electron chi connectivity index (χ2n) is 6.90. The van der Waals surface area contributed by atoms with Crippen molar-refractivity contribution in [3.8, 4) is 16.9 Å². The molecule has 7 heteroatoms. The second-order valence-corrected chi connectivity index (χ2v) is 7.33. The maximum Gasteiger partial charge on any atom is 0.261 e. The Bertz CT molecular complexity index is 1280. The highest BCUT2D eigenvalue weighted by molar-refractivity contribution is 6.30. The molecule has 0 aliphatic carbocycles. The van der Waals surface area contributed by atoms with Crippen LogP contribution in [0, 0.1) is 11.6 Å². The van der Waals surface area contributed by atoms with Gasteiger partial charge in [0.05, 0.1) is 18.4 Å². The lowest BCUT2D eigenvalue weighted by Crippen LogP contribution is -2.22. The van der Waals surface area contributed by atoms with Gasteiger partial charge >= 0.3 is 0 Å². The molecular formula is C24H17ClF2N2O2. The molecule has 1 aromatic heterocycles. The van der Waals surface area contributed by atoms with Gasteiger partial charge in [0.25, 0.3) is 5.56 Å². The van der Waals surface area contributed by atoms with E-state index in [9.17, 15) is 13.6 Å². The summed E-state index contributed by atoms with van der Waals surface area (Å²) in [6.45, 7) is 0.201. The van der Waals surface area contributed by atoms with Gasteiger partial charge in [0.2, 0.25) is 0 Å². The summed E-state index contributed by atoms with van der Waals surface area (Å²) in [5, 5.41) is 0.269. The van der Waals surface area contributed by atoms with Crippen molar-refractivity contribution in [2.45, 2.75) is 13.2 Å². The molecule has 4 nitrogen and oxygen atoms in total. The quantitative estimate of drug-likeness (QED) is 0.401. The normalized spacial score (nSPS) is 10.8. The smallest absolute Gasteiger partial charge is 0.261 e. The molecule has 0 fully saturated rings. The zero-order valence-corrected chi connectivity index (χ0v) is 17.0. The summed E-state index contributed by atoms with van der Waals surface area (Å²) >= 11 is 5.77. The van der Waals surface area contributed by atoms with Gasteiger partial charge in [-0.15, -0.1) is 0 Å². The number of halogens is 3. The fraction of sp³-hybridized carbons (Fsp3) is 0.0833. The first-order chi connectivity index (χ1) is 15.0. The molecule has 31 heavy (non-hydrogen) atoms. The molecule has 0 amide bonds. The van der Waals surface area contributed by atoms with Gasteiger partial charge in [-0.3, -0.25) is 9.36 Å². The predicted octanol–water partition coefficient (Wildman–Crippen LogP) is 5.47. The van der Waals surface area contributed by atoms with Crippen LogP contribution >= 0.6 is 11.6 Å². The van der Waals surface area contributed by atoms with E-state index in [1.165, 1.54) is 41.4 Å². The lowest BCUT2D eigenvalue weighted by Gasteiger charge is -2.11. The summed E-state index contributed by atoms with van der Waals surface area (Å²) in [6.07, 6.45) is 2.67. The highest BCUT2D eigenvalue weighted by Crippen LogP contribution is 2.24. The van der Waals surface area contributed by atoms with Crippen molar-refractivity contribution in [1.29, 1.82) is 0 Å². The molecule has 0 unspecified atom stereocenters. The molecular weight excluding hydrogens is 422 g/mol. The van der Waals surface area contributed by atoms with E-state index >= 15 is 0 Å². The number of hydrogen-bond donors (Lipinski definition) is 0. The Hall–Kier alpha value is -3.51. The van der Waals surface area contributed by atoms with Crippen molar-refractivity contribution in [2.75, 3.05) is 0 Å². The average Bonchev–Trinajstić information content (AvgIpc) is 2.77. The van der Waals surface area contributed by atoms with E-state index in [1.54, 1.807) is 12.1 Å². The third-order valence-electron chi connectivity index (χ3n) is 4.74. The van der Waals surface area contributed by atoms with Crippen LogP contribution in [-0.4, -0.2) is 9.55 Å². The fourth-order valence-electron chi connectivity index (χ4n) is 3.12. The Labute approximate surface area is 182 Å². The summed E-state index contributed by atoms with van der Waals surface area (Å²) < 4.78 is 35.5. The maximum absolute atomic E-state index is 14.6.